The summed E-state index contributed by atoms with van der Waals surface area (Å²) in [6.07, 6.45) is -2.29. The molecule has 0 unspecified atom stereocenters. The second-order valence-electron chi connectivity index (χ2n) is 6.40. The van der Waals surface area contributed by atoms with Crippen molar-refractivity contribution >= 4 is 17.5 Å². The van der Waals surface area contributed by atoms with Crippen LogP contribution in [0.4, 0.5) is 18.9 Å². The van der Waals surface area contributed by atoms with Crippen molar-refractivity contribution < 1.29 is 22.8 Å². The van der Waals surface area contributed by atoms with Gasteiger partial charge in [-0.05, 0) is 48.7 Å². The van der Waals surface area contributed by atoms with Crippen LogP contribution in [0.3, 0.4) is 0 Å². The van der Waals surface area contributed by atoms with Crippen LogP contribution in [-0.4, -0.2) is 23.3 Å². The van der Waals surface area contributed by atoms with Crippen LogP contribution in [0.15, 0.2) is 42.6 Å². The van der Waals surface area contributed by atoms with Crippen LogP contribution in [-0.2, 0) is 6.18 Å². The Morgan fingerprint density at radius 1 is 1.07 bits per heavy atom. The van der Waals surface area contributed by atoms with Crippen LogP contribution < -0.4 is 10.6 Å². The normalized spacial score (nSPS) is 11.3. The molecule has 2 amide bonds. The van der Waals surface area contributed by atoms with E-state index in [1.807, 2.05) is 13.8 Å². The fourth-order valence-corrected chi connectivity index (χ4v) is 2.21. The Labute approximate surface area is 155 Å². The molecule has 2 N–H and O–H groups in total. The van der Waals surface area contributed by atoms with E-state index in [0.29, 0.717) is 12.5 Å². The van der Waals surface area contributed by atoms with Gasteiger partial charge in [0.15, 0.2) is 0 Å². The largest absolute Gasteiger partial charge is 0.416 e. The Balaban J connectivity index is 2.03. The molecule has 2 aromatic rings. The topological polar surface area (TPSA) is 71.1 Å². The maximum atomic E-state index is 12.6. The zero-order chi connectivity index (χ0) is 20.0. The molecule has 2 rings (SSSR count). The number of anilines is 1. The van der Waals surface area contributed by atoms with Crippen molar-refractivity contribution in [3.63, 3.8) is 0 Å². The predicted molar refractivity (Wildman–Crippen MR) is 95.4 cm³/mol. The van der Waals surface area contributed by atoms with E-state index in [0.717, 1.165) is 18.6 Å². The predicted octanol–water partition coefficient (Wildman–Crippen LogP) is 4.13. The molecule has 5 nitrogen and oxygen atoms in total. The quantitative estimate of drug-likeness (QED) is 0.793. The Morgan fingerprint density at radius 2 is 1.74 bits per heavy atom. The summed E-state index contributed by atoms with van der Waals surface area (Å²) in [5.74, 6) is -0.493. The van der Waals surface area contributed by atoms with Crippen molar-refractivity contribution in [3.05, 3.63) is 59.4 Å². The molecule has 0 saturated heterocycles. The van der Waals surface area contributed by atoms with Gasteiger partial charge in [0, 0.05) is 24.0 Å². The average molecular weight is 379 g/mol. The molecule has 1 aromatic carbocycles. The standard InChI is InChI=1S/C19H20F3N3O2/c1-12(2)7-9-24-18(27)16-11-13(8-10-23-16)17(26)25-15-5-3-14(4-6-15)19(20,21)22/h3-6,8,10-12H,7,9H2,1-2H3,(H,24,27)(H,25,26). The first kappa shape index (κ1) is 20.4. The smallest absolute Gasteiger partial charge is 0.351 e. The molecule has 144 valence electrons. The zero-order valence-corrected chi connectivity index (χ0v) is 14.9. The van der Waals surface area contributed by atoms with Gasteiger partial charge in [0.1, 0.15) is 5.69 Å². The van der Waals surface area contributed by atoms with Crippen LogP contribution >= 0.6 is 0 Å². The maximum Gasteiger partial charge on any atom is 0.416 e. The molecule has 0 atom stereocenters. The third-order valence-electron chi connectivity index (χ3n) is 3.73. The SMILES string of the molecule is CC(C)CCNC(=O)c1cc(C(=O)Nc2ccc(C(F)(F)F)cc2)ccn1. The number of aromatic nitrogens is 1. The molecule has 0 saturated carbocycles. The number of carbonyl (C=O) groups is 2. The van der Waals surface area contributed by atoms with Gasteiger partial charge in [-0.3, -0.25) is 14.6 Å². The van der Waals surface area contributed by atoms with E-state index in [9.17, 15) is 22.8 Å². The molecule has 0 aliphatic heterocycles. The fraction of sp³-hybridized carbons (Fsp3) is 0.316. The highest BCUT2D eigenvalue weighted by Crippen LogP contribution is 2.29. The minimum absolute atomic E-state index is 0.0961. The van der Waals surface area contributed by atoms with Crippen molar-refractivity contribution in [2.45, 2.75) is 26.4 Å². The number of benzene rings is 1. The Kier molecular flexibility index (Phi) is 6.55. The average Bonchev–Trinajstić information content (AvgIpc) is 2.61. The van der Waals surface area contributed by atoms with Gasteiger partial charge in [0.2, 0.25) is 0 Å². The summed E-state index contributed by atoms with van der Waals surface area (Å²) in [7, 11) is 0. The first-order chi connectivity index (χ1) is 12.7. The molecule has 8 heteroatoms. The summed E-state index contributed by atoms with van der Waals surface area (Å²) >= 11 is 0. The lowest BCUT2D eigenvalue weighted by Gasteiger charge is -2.10. The monoisotopic (exact) mass is 379 g/mol. The van der Waals surface area contributed by atoms with Crippen molar-refractivity contribution in [3.8, 4) is 0 Å². The van der Waals surface area contributed by atoms with Crippen molar-refractivity contribution in [1.29, 1.82) is 0 Å². The Bertz CT molecular complexity index is 803. The molecule has 0 aliphatic rings. The number of hydrogen-bond donors (Lipinski definition) is 2. The van der Waals surface area contributed by atoms with Crippen LogP contribution in [0.2, 0.25) is 0 Å². The lowest BCUT2D eigenvalue weighted by molar-refractivity contribution is -0.137. The van der Waals surface area contributed by atoms with Crippen LogP contribution in [0, 0.1) is 5.92 Å². The number of halogens is 3. The number of carbonyl (C=O) groups excluding carboxylic acids is 2. The summed E-state index contributed by atoms with van der Waals surface area (Å²) in [6.45, 7) is 4.58. The molecule has 0 radical (unpaired) electrons. The number of rotatable bonds is 6. The van der Waals surface area contributed by atoms with Crippen LogP contribution in [0.25, 0.3) is 0 Å². The molecule has 0 bridgehead atoms. The minimum atomic E-state index is -4.44. The molecule has 0 fully saturated rings. The van der Waals surface area contributed by atoms with Crippen molar-refractivity contribution in [1.82, 2.24) is 10.3 Å². The van der Waals surface area contributed by atoms with Gasteiger partial charge in [0.25, 0.3) is 11.8 Å². The lowest BCUT2D eigenvalue weighted by Crippen LogP contribution is -2.26. The highest BCUT2D eigenvalue weighted by atomic mass is 19.4. The van der Waals surface area contributed by atoms with Crippen molar-refractivity contribution in [2.75, 3.05) is 11.9 Å². The summed E-state index contributed by atoms with van der Waals surface area (Å²) < 4.78 is 37.7. The molecule has 0 spiro atoms. The third-order valence-corrected chi connectivity index (χ3v) is 3.73. The molecule has 0 aliphatic carbocycles. The van der Waals surface area contributed by atoms with E-state index in [-0.39, 0.29) is 22.9 Å². The summed E-state index contributed by atoms with van der Waals surface area (Å²) in [6, 6.07) is 6.86. The minimum Gasteiger partial charge on any atom is -0.351 e. The van der Waals surface area contributed by atoms with E-state index in [2.05, 4.69) is 15.6 Å². The van der Waals surface area contributed by atoms with Gasteiger partial charge in [-0.25, -0.2) is 0 Å². The number of pyridine rings is 1. The van der Waals surface area contributed by atoms with Gasteiger partial charge >= 0.3 is 6.18 Å². The number of nitrogens with one attached hydrogen (secondary N) is 2. The van der Waals surface area contributed by atoms with Gasteiger partial charge in [0.05, 0.1) is 5.56 Å². The van der Waals surface area contributed by atoms with Crippen molar-refractivity contribution in [2.24, 2.45) is 5.92 Å². The highest BCUT2D eigenvalue weighted by Gasteiger charge is 2.30. The molecular formula is C19H20F3N3O2. The maximum absolute atomic E-state index is 12.6. The fourth-order valence-electron chi connectivity index (χ4n) is 2.21. The number of nitrogens with zero attached hydrogens (tertiary/aromatic N) is 1. The van der Waals surface area contributed by atoms with E-state index in [4.69, 9.17) is 0 Å². The van der Waals surface area contributed by atoms with Gasteiger partial charge in [-0.1, -0.05) is 13.8 Å². The summed E-state index contributed by atoms with van der Waals surface area (Å²) in [5.41, 5.74) is -0.310. The molecule has 27 heavy (non-hydrogen) atoms. The van der Waals surface area contributed by atoms with Gasteiger partial charge < -0.3 is 10.6 Å². The van der Waals surface area contributed by atoms with Gasteiger partial charge in [-0.15, -0.1) is 0 Å². The van der Waals surface area contributed by atoms with E-state index >= 15 is 0 Å². The number of alkyl halides is 3. The van der Waals surface area contributed by atoms with Crippen LogP contribution in [0.5, 0.6) is 0 Å². The Hall–Kier alpha value is -2.90. The molecular weight excluding hydrogens is 359 g/mol. The second kappa shape index (κ2) is 8.66. The van der Waals surface area contributed by atoms with E-state index < -0.39 is 17.6 Å². The second-order valence-corrected chi connectivity index (χ2v) is 6.40. The van der Waals surface area contributed by atoms with E-state index in [1.165, 1.54) is 30.5 Å². The molecule has 1 aromatic heterocycles. The first-order valence-corrected chi connectivity index (χ1v) is 8.39. The molecule has 1 heterocycles. The third kappa shape index (κ3) is 6.09. The van der Waals surface area contributed by atoms with Gasteiger partial charge in [-0.2, -0.15) is 13.2 Å². The number of hydrogen-bond acceptors (Lipinski definition) is 3. The first-order valence-electron chi connectivity index (χ1n) is 8.39. The number of amides is 2. The van der Waals surface area contributed by atoms with Crippen LogP contribution in [0.1, 0.15) is 46.7 Å². The zero-order valence-electron chi connectivity index (χ0n) is 14.9. The van der Waals surface area contributed by atoms with E-state index in [1.54, 1.807) is 0 Å². The summed E-state index contributed by atoms with van der Waals surface area (Å²) in [5, 5.41) is 5.22. The Morgan fingerprint density at radius 3 is 2.33 bits per heavy atom. The lowest BCUT2D eigenvalue weighted by atomic mass is 10.1. The highest BCUT2D eigenvalue weighted by molar-refractivity contribution is 6.05. The summed E-state index contributed by atoms with van der Waals surface area (Å²) in [4.78, 5) is 28.3.